The second-order valence-corrected chi connectivity index (χ2v) is 8.39. The van der Waals surface area contributed by atoms with Gasteiger partial charge in [-0.25, -0.2) is 4.79 Å². The minimum Gasteiger partial charge on any atom is -0.445 e. The SMILES string of the molecule is Cc1ccc(C(=O)C2CC3CCC(C2)N3C(=O)OCc2ccccc2)cc1C(F)(F)F. The summed E-state index contributed by atoms with van der Waals surface area (Å²) in [5.41, 5.74) is 0.305. The van der Waals surface area contributed by atoms with E-state index in [1.807, 2.05) is 30.3 Å². The zero-order chi connectivity index (χ0) is 22.2. The van der Waals surface area contributed by atoms with Crippen molar-refractivity contribution in [3.05, 3.63) is 70.8 Å². The highest BCUT2D eigenvalue weighted by Gasteiger charge is 2.46. The topological polar surface area (TPSA) is 46.6 Å². The summed E-state index contributed by atoms with van der Waals surface area (Å²) >= 11 is 0. The van der Waals surface area contributed by atoms with Gasteiger partial charge >= 0.3 is 12.3 Å². The van der Waals surface area contributed by atoms with E-state index in [1.54, 1.807) is 4.90 Å². The monoisotopic (exact) mass is 431 g/mol. The van der Waals surface area contributed by atoms with Gasteiger partial charge in [0.25, 0.3) is 0 Å². The molecule has 2 fully saturated rings. The van der Waals surface area contributed by atoms with Crippen molar-refractivity contribution in [3.63, 3.8) is 0 Å². The molecule has 2 aromatic rings. The lowest BCUT2D eigenvalue weighted by atomic mass is 9.84. The number of hydrogen-bond donors (Lipinski definition) is 0. The van der Waals surface area contributed by atoms with Crippen LogP contribution in [0.3, 0.4) is 0 Å². The maximum absolute atomic E-state index is 13.2. The average molecular weight is 431 g/mol. The van der Waals surface area contributed by atoms with Crippen LogP contribution in [-0.2, 0) is 17.5 Å². The van der Waals surface area contributed by atoms with Crippen molar-refractivity contribution < 1.29 is 27.5 Å². The number of ketones is 1. The number of carbonyl (C=O) groups is 2. The molecule has 2 atom stereocenters. The van der Waals surface area contributed by atoms with Crippen LogP contribution in [0.1, 0.15) is 52.7 Å². The fourth-order valence-electron chi connectivity index (χ4n) is 4.80. The van der Waals surface area contributed by atoms with E-state index in [0.29, 0.717) is 12.8 Å². The standard InChI is InChI=1S/C24H24F3NO3/c1-15-7-8-17(13-21(15)24(25,26)27)22(29)18-11-19-9-10-20(12-18)28(19)23(30)31-14-16-5-3-2-4-6-16/h2-8,13,18-20H,9-12,14H2,1H3. The van der Waals surface area contributed by atoms with Crippen LogP contribution in [0.15, 0.2) is 48.5 Å². The highest BCUT2D eigenvalue weighted by Crippen LogP contribution is 2.41. The van der Waals surface area contributed by atoms with Crippen LogP contribution in [0, 0.1) is 12.8 Å². The van der Waals surface area contributed by atoms with Crippen LogP contribution in [0.2, 0.25) is 0 Å². The Morgan fingerprint density at radius 2 is 1.68 bits per heavy atom. The first-order chi connectivity index (χ1) is 14.7. The molecule has 31 heavy (non-hydrogen) atoms. The molecule has 0 spiro atoms. The number of alkyl halides is 3. The number of carbonyl (C=O) groups excluding carboxylic acids is 2. The molecule has 4 nitrogen and oxygen atoms in total. The number of hydrogen-bond acceptors (Lipinski definition) is 3. The maximum Gasteiger partial charge on any atom is 0.416 e. The lowest BCUT2D eigenvalue weighted by Gasteiger charge is -2.37. The number of rotatable bonds is 4. The molecule has 4 rings (SSSR count). The molecule has 2 aromatic carbocycles. The van der Waals surface area contributed by atoms with Gasteiger partial charge in [-0.1, -0.05) is 42.5 Å². The first-order valence-corrected chi connectivity index (χ1v) is 10.4. The molecule has 0 aliphatic carbocycles. The summed E-state index contributed by atoms with van der Waals surface area (Å²) in [4.78, 5) is 27.4. The van der Waals surface area contributed by atoms with Crippen molar-refractivity contribution >= 4 is 11.9 Å². The predicted octanol–water partition coefficient (Wildman–Crippen LogP) is 5.78. The largest absolute Gasteiger partial charge is 0.445 e. The Kier molecular flexibility index (Phi) is 5.77. The van der Waals surface area contributed by atoms with Gasteiger partial charge in [0, 0.05) is 23.6 Å². The second kappa shape index (κ2) is 8.36. The van der Waals surface area contributed by atoms with E-state index in [4.69, 9.17) is 4.74 Å². The Labute approximate surface area is 179 Å². The highest BCUT2D eigenvalue weighted by molar-refractivity contribution is 5.98. The summed E-state index contributed by atoms with van der Waals surface area (Å²) in [5.74, 6) is -0.667. The molecule has 2 saturated heterocycles. The summed E-state index contributed by atoms with van der Waals surface area (Å²) in [6, 6.07) is 12.9. The normalized spacial score (nSPS) is 23.0. The summed E-state index contributed by atoms with van der Waals surface area (Å²) in [7, 11) is 0. The number of amides is 1. The maximum atomic E-state index is 13.2. The molecule has 2 aliphatic rings. The summed E-state index contributed by atoms with van der Waals surface area (Å²) in [5, 5.41) is 0. The summed E-state index contributed by atoms with van der Waals surface area (Å²) in [6.07, 6.45) is -2.44. The number of nitrogens with zero attached hydrogens (tertiary/aromatic N) is 1. The molecule has 0 saturated carbocycles. The van der Waals surface area contributed by atoms with Crippen molar-refractivity contribution in [2.75, 3.05) is 0 Å². The molecule has 2 aliphatic heterocycles. The van der Waals surface area contributed by atoms with Gasteiger partial charge in [0.05, 0.1) is 5.56 Å². The quantitative estimate of drug-likeness (QED) is 0.577. The van der Waals surface area contributed by atoms with Crippen molar-refractivity contribution in [1.29, 1.82) is 0 Å². The van der Waals surface area contributed by atoms with E-state index in [1.165, 1.54) is 19.1 Å². The van der Waals surface area contributed by atoms with Gasteiger partial charge in [-0.05, 0) is 49.8 Å². The van der Waals surface area contributed by atoms with Gasteiger partial charge in [0.15, 0.2) is 5.78 Å². The molecule has 2 heterocycles. The third-order valence-electron chi connectivity index (χ3n) is 6.35. The van der Waals surface area contributed by atoms with Crippen LogP contribution in [0.4, 0.5) is 18.0 Å². The second-order valence-electron chi connectivity index (χ2n) is 8.39. The predicted molar refractivity (Wildman–Crippen MR) is 109 cm³/mol. The van der Waals surface area contributed by atoms with Crippen LogP contribution in [-0.4, -0.2) is 28.9 Å². The molecule has 1 amide bonds. The van der Waals surface area contributed by atoms with E-state index in [9.17, 15) is 22.8 Å². The molecular formula is C24H24F3NO3. The molecule has 7 heteroatoms. The highest BCUT2D eigenvalue weighted by atomic mass is 19.4. The van der Waals surface area contributed by atoms with Gasteiger partial charge in [-0.2, -0.15) is 13.2 Å². The summed E-state index contributed by atoms with van der Waals surface area (Å²) in [6.45, 7) is 1.57. The Morgan fingerprint density at radius 1 is 1.03 bits per heavy atom. The van der Waals surface area contributed by atoms with Gasteiger partial charge in [0.1, 0.15) is 6.61 Å². The molecule has 0 aromatic heterocycles. The molecule has 2 unspecified atom stereocenters. The van der Waals surface area contributed by atoms with Gasteiger partial charge in [0.2, 0.25) is 0 Å². The number of piperidine rings is 1. The third kappa shape index (κ3) is 4.45. The molecule has 2 bridgehead atoms. The van der Waals surface area contributed by atoms with Gasteiger partial charge < -0.3 is 9.64 Å². The van der Waals surface area contributed by atoms with Crippen molar-refractivity contribution in [2.45, 2.75) is 57.5 Å². The van der Waals surface area contributed by atoms with Crippen molar-refractivity contribution in [3.8, 4) is 0 Å². The number of Topliss-reactive ketones (excluding diaryl/α,β-unsaturated/α-hetero) is 1. The fraction of sp³-hybridized carbons (Fsp3) is 0.417. The number of fused-ring (bicyclic) bond motifs is 2. The van der Waals surface area contributed by atoms with E-state index in [0.717, 1.165) is 24.5 Å². The first-order valence-electron chi connectivity index (χ1n) is 10.4. The van der Waals surface area contributed by atoms with E-state index < -0.39 is 17.8 Å². The van der Waals surface area contributed by atoms with Crippen LogP contribution in [0.25, 0.3) is 0 Å². The zero-order valence-electron chi connectivity index (χ0n) is 17.2. The number of benzene rings is 2. The van der Waals surface area contributed by atoms with Crippen LogP contribution in [0.5, 0.6) is 0 Å². The van der Waals surface area contributed by atoms with E-state index in [-0.39, 0.29) is 41.5 Å². The molecular weight excluding hydrogens is 407 g/mol. The average Bonchev–Trinajstić information content (AvgIpc) is 3.01. The zero-order valence-corrected chi connectivity index (χ0v) is 17.2. The lowest BCUT2D eigenvalue weighted by molar-refractivity contribution is -0.138. The Balaban J connectivity index is 1.43. The first kappa shape index (κ1) is 21.4. The van der Waals surface area contributed by atoms with Gasteiger partial charge in [-0.3, -0.25) is 4.79 Å². The number of halogens is 3. The van der Waals surface area contributed by atoms with E-state index >= 15 is 0 Å². The molecule has 0 N–H and O–H groups in total. The minimum atomic E-state index is -4.49. The fourth-order valence-corrected chi connectivity index (χ4v) is 4.80. The smallest absolute Gasteiger partial charge is 0.416 e. The van der Waals surface area contributed by atoms with Gasteiger partial charge in [-0.15, -0.1) is 0 Å². The Morgan fingerprint density at radius 3 is 2.29 bits per heavy atom. The van der Waals surface area contributed by atoms with Crippen molar-refractivity contribution in [1.82, 2.24) is 4.90 Å². The lowest BCUT2D eigenvalue weighted by Crippen LogP contribution is -2.48. The molecule has 164 valence electrons. The number of ether oxygens (including phenoxy) is 1. The minimum absolute atomic E-state index is 0.0856. The Hall–Kier alpha value is -2.83. The van der Waals surface area contributed by atoms with E-state index in [2.05, 4.69) is 0 Å². The Bertz CT molecular complexity index is 960. The van der Waals surface area contributed by atoms with Crippen molar-refractivity contribution in [2.24, 2.45) is 5.92 Å². The third-order valence-corrected chi connectivity index (χ3v) is 6.35. The van der Waals surface area contributed by atoms with Crippen LogP contribution >= 0.6 is 0 Å². The number of aryl methyl sites for hydroxylation is 1. The molecule has 0 radical (unpaired) electrons. The summed E-state index contributed by atoms with van der Waals surface area (Å²) < 4.78 is 45.2. The van der Waals surface area contributed by atoms with Crippen LogP contribution < -0.4 is 0 Å².